The van der Waals surface area contributed by atoms with Crippen molar-refractivity contribution in [3.8, 4) is 0 Å². The lowest BCUT2D eigenvalue weighted by atomic mass is 10.4. The molecule has 2 aromatic carbocycles. The normalized spacial score (nSPS) is 11.4. The smallest absolute Gasteiger partial charge is 0.100 e. The molecule has 0 spiro atoms. The molecule has 1 nitrogen and oxygen atoms in total. The molecule has 2 aromatic rings. The SMILES string of the molecule is C[S+](C)(=O)c1ccc(Sc2ccccc2)cc1. The van der Waals surface area contributed by atoms with E-state index in [9.17, 15) is 4.21 Å². The summed E-state index contributed by atoms with van der Waals surface area (Å²) in [6, 6.07) is 18.2. The van der Waals surface area contributed by atoms with Crippen molar-refractivity contribution in [3.05, 3.63) is 54.6 Å². The number of rotatable bonds is 3. The lowest BCUT2D eigenvalue weighted by Gasteiger charge is -2.03. The van der Waals surface area contributed by atoms with Crippen molar-refractivity contribution in [2.75, 3.05) is 12.5 Å². The van der Waals surface area contributed by atoms with Crippen LogP contribution in [0.25, 0.3) is 0 Å². The van der Waals surface area contributed by atoms with Gasteiger partial charge in [0.05, 0.1) is 0 Å². The van der Waals surface area contributed by atoms with E-state index in [1.807, 2.05) is 42.5 Å². The molecule has 0 aromatic heterocycles. The third-order valence-corrected chi connectivity index (χ3v) is 4.79. The van der Waals surface area contributed by atoms with Crippen LogP contribution < -0.4 is 0 Å². The average Bonchev–Trinajstić information content (AvgIpc) is 2.30. The van der Waals surface area contributed by atoms with Crippen LogP contribution in [0.15, 0.2) is 69.3 Å². The Morgan fingerprint density at radius 1 is 0.824 bits per heavy atom. The molecule has 0 amide bonds. The summed E-state index contributed by atoms with van der Waals surface area (Å²) in [5.41, 5.74) is 0. The Bertz CT molecular complexity index is 526. The molecule has 0 aliphatic heterocycles. The molecule has 17 heavy (non-hydrogen) atoms. The summed E-state index contributed by atoms with van der Waals surface area (Å²) in [7, 11) is -1.85. The Morgan fingerprint density at radius 3 is 1.88 bits per heavy atom. The quantitative estimate of drug-likeness (QED) is 0.780. The molecule has 3 heteroatoms. The van der Waals surface area contributed by atoms with Gasteiger partial charge in [0.1, 0.15) is 22.4 Å². The van der Waals surface area contributed by atoms with Crippen molar-refractivity contribution in [1.82, 2.24) is 0 Å². The Morgan fingerprint density at radius 2 is 1.35 bits per heavy atom. The van der Waals surface area contributed by atoms with Crippen molar-refractivity contribution in [2.45, 2.75) is 14.7 Å². The summed E-state index contributed by atoms with van der Waals surface area (Å²) in [5.74, 6) is 0. The molecule has 0 atom stereocenters. The van der Waals surface area contributed by atoms with E-state index < -0.39 is 9.93 Å². The summed E-state index contributed by atoms with van der Waals surface area (Å²) < 4.78 is 11.9. The van der Waals surface area contributed by atoms with Crippen molar-refractivity contribution in [3.63, 3.8) is 0 Å². The van der Waals surface area contributed by atoms with Gasteiger partial charge in [-0.05, 0) is 36.4 Å². The molecule has 0 unspecified atom stereocenters. The van der Waals surface area contributed by atoms with Gasteiger partial charge in [0.2, 0.25) is 0 Å². The fourth-order valence-corrected chi connectivity index (χ4v) is 3.09. The molecule has 2 rings (SSSR count). The van der Waals surface area contributed by atoms with Crippen LogP contribution in [-0.4, -0.2) is 12.5 Å². The van der Waals surface area contributed by atoms with E-state index in [4.69, 9.17) is 0 Å². The van der Waals surface area contributed by atoms with Gasteiger partial charge in [-0.2, -0.15) is 0 Å². The predicted octanol–water partition coefficient (Wildman–Crippen LogP) is 3.96. The molecular weight excluding hydrogens is 248 g/mol. The van der Waals surface area contributed by atoms with E-state index in [0.29, 0.717) is 0 Å². The van der Waals surface area contributed by atoms with Gasteiger partial charge in [-0.3, -0.25) is 0 Å². The number of hydrogen-bond donors (Lipinski definition) is 0. The van der Waals surface area contributed by atoms with Gasteiger partial charge in [0.15, 0.2) is 4.90 Å². The summed E-state index contributed by atoms with van der Waals surface area (Å²) in [4.78, 5) is 3.30. The predicted molar refractivity (Wildman–Crippen MR) is 75.2 cm³/mol. The van der Waals surface area contributed by atoms with Gasteiger partial charge >= 0.3 is 0 Å². The standard InChI is InChI=1S/C14H15OS2/c1-17(2,15)14-10-8-13(9-11-14)16-12-6-4-3-5-7-12/h3-11H,1-2H3/q+1. The van der Waals surface area contributed by atoms with Crippen LogP contribution in [0.5, 0.6) is 0 Å². The maximum Gasteiger partial charge on any atom is 0.157 e. The van der Waals surface area contributed by atoms with Crippen molar-refractivity contribution in [2.24, 2.45) is 0 Å². The van der Waals surface area contributed by atoms with Crippen LogP contribution >= 0.6 is 11.8 Å². The molecule has 0 aliphatic carbocycles. The van der Waals surface area contributed by atoms with Crippen LogP contribution in [0.2, 0.25) is 0 Å². The van der Waals surface area contributed by atoms with Gasteiger partial charge in [-0.15, -0.1) is 4.21 Å². The van der Waals surface area contributed by atoms with E-state index in [1.165, 1.54) is 9.79 Å². The molecule has 0 saturated heterocycles. The fraction of sp³-hybridized carbons (Fsp3) is 0.143. The first kappa shape index (κ1) is 12.4. The summed E-state index contributed by atoms with van der Waals surface area (Å²) >= 11 is 1.71. The third kappa shape index (κ3) is 3.45. The Labute approximate surface area is 108 Å². The lowest BCUT2D eigenvalue weighted by molar-refractivity contribution is 0.591. The highest BCUT2D eigenvalue weighted by Gasteiger charge is 2.16. The molecule has 0 bridgehead atoms. The average molecular weight is 263 g/mol. The van der Waals surface area contributed by atoms with E-state index in [2.05, 4.69) is 12.1 Å². The third-order valence-electron chi connectivity index (χ3n) is 2.37. The van der Waals surface area contributed by atoms with Crippen molar-refractivity contribution < 1.29 is 4.21 Å². The van der Waals surface area contributed by atoms with Crippen LogP contribution in [0.1, 0.15) is 0 Å². The number of hydrogen-bond acceptors (Lipinski definition) is 2. The summed E-state index contributed by atoms with van der Waals surface area (Å²) in [6.07, 6.45) is 3.54. The van der Waals surface area contributed by atoms with Crippen LogP contribution in [-0.2, 0) is 14.1 Å². The molecule has 0 saturated carbocycles. The number of benzene rings is 2. The van der Waals surface area contributed by atoms with Gasteiger partial charge in [-0.1, -0.05) is 30.0 Å². The minimum atomic E-state index is -1.85. The highest BCUT2D eigenvalue weighted by atomic mass is 32.2. The van der Waals surface area contributed by atoms with Crippen molar-refractivity contribution in [1.29, 1.82) is 0 Å². The van der Waals surface area contributed by atoms with E-state index in [-0.39, 0.29) is 0 Å². The second kappa shape index (κ2) is 5.07. The summed E-state index contributed by atoms with van der Waals surface area (Å²) in [5, 5.41) is 0. The zero-order valence-corrected chi connectivity index (χ0v) is 11.6. The van der Waals surface area contributed by atoms with E-state index in [1.54, 1.807) is 24.3 Å². The Kier molecular flexibility index (Phi) is 3.69. The molecule has 0 heterocycles. The Hall–Kier alpha value is -1.06. The molecule has 0 N–H and O–H groups in total. The topological polar surface area (TPSA) is 17.1 Å². The van der Waals surface area contributed by atoms with Gasteiger partial charge in [0, 0.05) is 9.79 Å². The van der Waals surface area contributed by atoms with E-state index in [0.717, 1.165) is 4.90 Å². The summed E-state index contributed by atoms with van der Waals surface area (Å²) in [6.45, 7) is 0. The van der Waals surface area contributed by atoms with Crippen LogP contribution in [0.4, 0.5) is 0 Å². The van der Waals surface area contributed by atoms with E-state index >= 15 is 0 Å². The molecule has 0 fully saturated rings. The highest BCUT2D eigenvalue weighted by molar-refractivity contribution is 8.01. The second-order valence-electron chi connectivity index (χ2n) is 4.12. The zero-order valence-electron chi connectivity index (χ0n) is 9.92. The minimum Gasteiger partial charge on any atom is -0.100 e. The zero-order chi connectivity index (χ0) is 12.3. The minimum absolute atomic E-state index is 0.912. The molecule has 0 aliphatic rings. The molecule has 88 valence electrons. The maximum atomic E-state index is 11.9. The second-order valence-corrected chi connectivity index (χ2v) is 8.20. The van der Waals surface area contributed by atoms with Gasteiger partial charge in [0.25, 0.3) is 0 Å². The van der Waals surface area contributed by atoms with Crippen LogP contribution in [0.3, 0.4) is 0 Å². The monoisotopic (exact) mass is 263 g/mol. The van der Waals surface area contributed by atoms with Gasteiger partial charge < -0.3 is 0 Å². The first-order valence-electron chi connectivity index (χ1n) is 5.33. The first-order chi connectivity index (χ1) is 8.05. The molecule has 0 radical (unpaired) electrons. The first-order valence-corrected chi connectivity index (χ1v) is 8.52. The van der Waals surface area contributed by atoms with Crippen LogP contribution in [0, 0.1) is 0 Å². The fourth-order valence-electron chi connectivity index (χ4n) is 1.46. The Balaban J connectivity index is 2.17. The highest BCUT2D eigenvalue weighted by Crippen LogP contribution is 2.28. The molecular formula is C14H15OS2+. The van der Waals surface area contributed by atoms with Gasteiger partial charge in [-0.25, -0.2) is 0 Å². The maximum absolute atomic E-state index is 11.9. The lowest BCUT2D eigenvalue weighted by Crippen LogP contribution is -2.04. The largest absolute Gasteiger partial charge is 0.157 e. The van der Waals surface area contributed by atoms with Crippen molar-refractivity contribution >= 4 is 21.7 Å².